The average Bonchev–Trinajstić information content (AvgIpc) is 2.65. The van der Waals surface area contributed by atoms with Crippen LogP contribution in [0.2, 0.25) is 10.0 Å². The number of para-hydroxylation sites is 1. The lowest BCUT2D eigenvalue weighted by Crippen LogP contribution is -1.98. The van der Waals surface area contributed by atoms with Gasteiger partial charge in [0.1, 0.15) is 5.75 Å². The van der Waals surface area contributed by atoms with E-state index in [2.05, 4.69) is 15.3 Å². The highest BCUT2D eigenvalue weighted by Gasteiger charge is 2.12. The number of rotatable bonds is 3. The summed E-state index contributed by atoms with van der Waals surface area (Å²) in [6.07, 6.45) is 1.70. The molecule has 6 heteroatoms. The summed E-state index contributed by atoms with van der Waals surface area (Å²) in [7, 11) is 0. The van der Waals surface area contributed by atoms with Gasteiger partial charge in [0.2, 0.25) is 5.95 Å². The topological polar surface area (TPSA) is 58.0 Å². The molecule has 0 aliphatic heterocycles. The zero-order valence-electron chi connectivity index (χ0n) is 14.4. The molecule has 0 bridgehead atoms. The Morgan fingerprint density at radius 1 is 0.926 bits per heavy atom. The van der Waals surface area contributed by atoms with Crippen LogP contribution in [0.4, 0.5) is 11.6 Å². The summed E-state index contributed by atoms with van der Waals surface area (Å²) in [5.74, 6) is 0.512. The number of nitrogens with one attached hydrogen (secondary N) is 1. The number of nitrogens with zero attached hydrogens (tertiary/aromatic N) is 2. The SMILES string of the molecule is Cc1ccccc1-c1cc2cnc(Nc3c(Cl)cccc3Cl)nc2cc1O. The molecule has 0 aliphatic carbocycles. The molecule has 0 aliphatic rings. The van der Waals surface area contributed by atoms with Crippen LogP contribution in [0.5, 0.6) is 5.75 Å². The van der Waals surface area contributed by atoms with Gasteiger partial charge in [0, 0.05) is 23.2 Å². The minimum Gasteiger partial charge on any atom is -0.507 e. The Labute approximate surface area is 166 Å². The average molecular weight is 396 g/mol. The number of halogens is 2. The fourth-order valence-corrected chi connectivity index (χ4v) is 3.44. The van der Waals surface area contributed by atoms with Crippen molar-refractivity contribution in [2.75, 3.05) is 5.32 Å². The van der Waals surface area contributed by atoms with Gasteiger partial charge in [0.25, 0.3) is 0 Å². The normalized spacial score (nSPS) is 10.9. The highest BCUT2D eigenvalue weighted by molar-refractivity contribution is 6.39. The number of phenolic OH excluding ortho intramolecular Hbond substituents is 1. The Balaban J connectivity index is 1.76. The molecule has 4 nitrogen and oxygen atoms in total. The smallest absolute Gasteiger partial charge is 0.227 e. The molecule has 1 aromatic heterocycles. The van der Waals surface area contributed by atoms with Gasteiger partial charge in [0.05, 0.1) is 21.2 Å². The van der Waals surface area contributed by atoms with Crippen molar-refractivity contribution in [3.05, 3.63) is 76.4 Å². The number of aryl methyl sites for hydroxylation is 1. The molecular weight excluding hydrogens is 381 g/mol. The summed E-state index contributed by atoms with van der Waals surface area (Å²) in [5, 5.41) is 15.3. The summed E-state index contributed by atoms with van der Waals surface area (Å²) in [6.45, 7) is 2.01. The lowest BCUT2D eigenvalue weighted by Gasteiger charge is -2.11. The molecule has 0 atom stereocenters. The van der Waals surface area contributed by atoms with Gasteiger partial charge in [-0.25, -0.2) is 9.97 Å². The van der Waals surface area contributed by atoms with Gasteiger partial charge in [-0.1, -0.05) is 53.5 Å². The molecule has 0 fully saturated rings. The molecule has 0 saturated carbocycles. The van der Waals surface area contributed by atoms with Crippen molar-refractivity contribution in [3.63, 3.8) is 0 Å². The molecule has 4 aromatic rings. The first-order chi connectivity index (χ1) is 13.0. The second-order valence-electron chi connectivity index (χ2n) is 6.16. The van der Waals surface area contributed by atoms with E-state index in [1.807, 2.05) is 37.3 Å². The van der Waals surface area contributed by atoms with Crippen molar-refractivity contribution in [2.45, 2.75) is 6.92 Å². The standard InChI is InChI=1S/C21H15Cl2N3O/c1-12-5-2-3-6-14(12)15-9-13-11-24-21(25-18(13)10-19(15)27)26-20-16(22)7-4-8-17(20)23/h2-11,27H,1H3,(H,24,25,26). The van der Waals surface area contributed by atoms with Crippen LogP contribution in [0.15, 0.2) is 60.8 Å². The zero-order chi connectivity index (χ0) is 19.0. The predicted molar refractivity (Wildman–Crippen MR) is 111 cm³/mol. The van der Waals surface area contributed by atoms with E-state index in [9.17, 15) is 5.11 Å². The summed E-state index contributed by atoms with van der Waals surface area (Å²) >= 11 is 12.4. The quantitative estimate of drug-likeness (QED) is 0.423. The number of anilines is 2. The lowest BCUT2D eigenvalue weighted by atomic mass is 9.98. The third-order valence-corrected chi connectivity index (χ3v) is 4.96. The highest BCUT2D eigenvalue weighted by atomic mass is 35.5. The van der Waals surface area contributed by atoms with Crippen molar-refractivity contribution >= 4 is 45.7 Å². The molecule has 0 saturated heterocycles. The van der Waals surface area contributed by atoms with Crippen LogP contribution in [0.3, 0.4) is 0 Å². The van der Waals surface area contributed by atoms with E-state index in [0.29, 0.717) is 27.2 Å². The maximum absolute atomic E-state index is 10.5. The number of phenols is 1. The van der Waals surface area contributed by atoms with E-state index in [-0.39, 0.29) is 5.75 Å². The Morgan fingerprint density at radius 2 is 1.67 bits per heavy atom. The zero-order valence-corrected chi connectivity index (χ0v) is 15.9. The van der Waals surface area contributed by atoms with E-state index in [1.165, 1.54) is 0 Å². The van der Waals surface area contributed by atoms with E-state index < -0.39 is 0 Å². The number of benzene rings is 3. The Kier molecular flexibility index (Phi) is 4.60. The number of hydrogen-bond acceptors (Lipinski definition) is 4. The highest BCUT2D eigenvalue weighted by Crippen LogP contribution is 2.35. The van der Waals surface area contributed by atoms with Gasteiger partial charge in [-0.05, 0) is 36.2 Å². The van der Waals surface area contributed by atoms with Gasteiger partial charge in [-0.2, -0.15) is 0 Å². The summed E-state index contributed by atoms with van der Waals surface area (Å²) in [4.78, 5) is 8.82. The van der Waals surface area contributed by atoms with Gasteiger partial charge < -0.3 is 10.4 Å². The van der Waals surface area contributed by atoms with E-state index in [0.717, 1.165) is 22.1 Å². The fourth-order valence-electron chi connectivity index (χ4n) is 2.95. The maximum Gasteiger partial charge on any atom is 0.227 e. The van der Waals surface area contributed by atoms with Crippen LogP contribution in [-0.2, 0) is 0 Å². The molecule has 4 rings (SSSR count). The van der Waals surface area contributed by atoms with Gasteiger partial charge >= 0.3 is 0 Å². The van der Waals surface area contributed by atoms with Crippen LogP contribution in [0, 0.1) is 6.92 Å². The second kappa shape index (κ2) is 7.06. The first-order valence-corrected chi connectivity index (χ1v) is 9.05. The van der Waals surface area contributed by atoms with Crippen LogP contribution >= 0.6 is 23.2 Å². The molecular formula is C21H15Cl2N3O. The lowest BCUT2D eigenvalue weighted by molar-refractivity contribution is 0.478. The van der Waals surface area contributed by atoms with Crippen molar-refractivity contribution in [1.29, 1.82) is 0 Å². The van der Waals surface area contributed by atoms with Gasteiger partial charge in [-0.3, -0.25) is 0 Å². The van der Waals surface area contributed by atoms with E-state index in [1.54, 1.807) is 30.5 Å². The van der Waals surface area contributed by atoms with Crippen LogP contribution in [0.1, 0.15) is 5.56 Å². The van der Waals surface area contributed by atoms with Crippen molar-refractivity contribution in [2.24, 2.45) is 0 Å². The van der Waals surface area contributed by atoms with E-state index in [4.69, 9.17) is 23.2 Å². The molecule has 0 unspecified atom stereocenters. The molecule has 134 valence electrons. The van der Waals surface area contributed by atoms with Crippen LogP contribution in [-0.4, -0.2) is 15.1 Å². The second-order valence-corrected chi connectivity index (χ2v) is 6.97. The largest absolute Gasteiger partial charge is 0.507 e. The molecule has 0 radical (unpaired) electrons. The number of aromatic nitrogens is 2. The third-order valence-electron chi connectivity index (χ3n) is 4.33. The summed E-state index contributed by atoms with van der Waals surface area (Å²) in [5.41, 5.74) is 3.96. The summed E-state index contributed by atoms with van der Waals surface area (Å²) in [6, 6.07) is 16.7. The number of fused-ring (bicyclic) bond motifs is 1. The first-order valence-electron chi connectivity index (χ1n) is 8.30. The summed E-state index contributed by atoms with van der Waals surface area (Å²) < 4.78 is 0. The predicted octanol–water partition coefficient (Wildman–Crippen LogP) is 6.36. The molecule has 3 aromatic carbocycles. The maximum atomic E-state index is 10.5. The van der Waals surface area contributed by atoms with Gasteiger partial charge in [0.15, 0.2) is 0 Å². The molecule has 1 heterocycles. The van der Waals surface area contributed by atoms with Crippen LogP contribution < -0.4 is 5.32 Å². The first kappa shape index (κ1) is 17.6. The number of aromatic hydroxyl groups is 1. The van der Waals surface area contributed by atoms with E-state index >= 15 is 0 Å². The Bertz CT molecular complexity index is 1140. The number of hydrogen-bond donors (Lipinski definition) is 2. The monoisotopic (exact) mass is 395 g/mol. The Hall–Kier alpha value is -2.82. The van der Waals surface area contributed by atoms with Crippen LogP contribution in [0.25, 0.3) is 22.0 Å². The molecule has 0 amide bonds. The Morgan fingerprint density at radius 3 is 2.41 bits per heavy atom. The minimum absolute atomic E-state index is 0.164. The van der Waals surface area contributed by atoms with Crippen molar-refractivity contribution in [3.8, 4) is 16.9 Å². The van der Waals surface area contributed by atoms with Crippen molar-refractivity contribution in [1.82, 2.24) is 9.97 Å². The third kappa shape index (κ3) is 3.42. The minimum atomic E-state index is 0.164. The molecule has 27 heavy (non-hydrogen) atoms. The molecule has 2 N–H and O–H groups in total. The van der Waals surface area contributed by atoms with Gasteiger partial charge in [-0.15, -0.1) is 0 Å². The van der Waals surface area contributed by atoms with Crippen molar-refractivity contribution < 1.29 is 5.11 Å². The fraction of sp³-hybridized carbons (Fsp3) is 0.0476. The molecule has 0 spiro atoms.